The van der Waals surface area contributed by atoms with Gasteiger partial charge in [-0.15, -0.1) is 11.3 Å². The molecule has 0 spiro atoms. The minimum atomic E-state index is 0.781. The molecule has 0 fully saturated rings. The number of anilines is 1. The third kappa shape index (κ3) is 1.97. The lowest BCUT2D eigenvalue weighted by atomic mass is 10.1. The van der Waals surface area contributed by atoms with Crippen molar-refractivity contribution in [2.45, 2.75) is 26.3 Å². The van der Waals surface area contributed by atoms with Crippen LogP contribution in [0.3, 0.4) is 0 Å². The van der Waals surface area contributed by atoms with Gasteiger partial charge in [-0.2, -0.15) is 0 Å². The van der Waals surface area contributed by atoms with Crippen LogP contribution in [-0.2, 0) is 19.4 Å². The number of aldehydes is 1. The number of thiazole rings is 1. The van der Waals surface area contributed by atoms with Crippen LogP contribution in [0.25, 0.3) is 0 Å². The van der Waals surface area contributed by atoms with Gasteiger partial charge in [-0.3, -0.25) is 4.79 Å². The first kappa shape index (κ1) is 11.9. The van der Waals surface area contributed by atoms with Gasteiger partial charge >= 0.3 is 0 Å². The standard InChI is InChI=1S/C13H14N2OS2/c1-2-10-12(8-16)18-13(14-10)15-5-3-11-9(7-15)4-6-17-11/h4,6,8H,2-3,5,7H2,1H3. The van der Waals surface area contributed by atoms with Gasteiger partial charge < -0.3 is 4.90 Å². The molecule has 2 aromatic rings. The van der Waals surface area contributed by atoms with E-state index >= 15 is 0 Å². The van der Waals surface area contributed by atoms with E-state index in [2.05, 4.69) is 21.3 Å². The first-order chi connectivity index (χ1) is 8.81. The lowest BCUT2D eigenvalue weighted by molar-refractivity contribution is 0.112. The summed E-state index contributed by atoms with van der Waals surface area (Å²) in [5.41, 5.74) is 2.34. The van der Waals surface area contributed by atoms with E-state index < -0.39 is 0 Å². The van der Waals surface area contributed by atoms with Crippen molar-refractivity contribution in [2.24, 2.45) is 0 Å². The molecule has 18 heavy (non-hydrogen) atoms. The number of nitrogens with zero attached hydrogens (tertiary/aromatic N) is 2. The second-order valence-corrected chi connectivity index (χ2v) is 6.33. The number of aromatic nitrogens is 1. The zero-order valence-corrected chi connectivity index (χ0v) is 11.8. The molecule has 0 radical (unpaired) electrons. The topological polar surface area (TPSA) is 33.2 Å². The van der Waals surface area contributed by atoms with E-state index in [9.17, 15) is 4.79 Å². The minimum Gasteiger partial charge on any atom is -0.343 e. The van der Waals surface area contributed by atoms with Crippen LogP contribution in [0, 0.1) is 0 Å². The number of rotatable bonds is 3. The lowest BCUT2D eigenvalue weighted by Gasteiger charge is -2.26. The average molecular weight is 278 g/mol. The average Bonchev–Trinajstić information content (AvgIpc) is 3.03. The maximum absolute atomic E-state index is 11.0. The van der Waals surface area contributed by atoms with Crippen molar-refractivity contribution in [1.29, 1.82) is 0 Å². The Labute approximate surface area is 114 Å². The third-order valence-electron chi connectivity index (χ3n) is 3.24. The predicted molar refractivity (Wildman–Crippen MR) is 76.0 cm³/mol. The van der Waals surface area contributed by atoms with Crippen LogP contribution < -0.4 is 4.90 Å². The Balaban J connectivity index is 1.88. The third-order valence-corrected chi connectivity index (χ3v) is 5.34. The zero-order valence-electron chi connectivity index (χ0n) is 10.2. The first-order valence-electron chi connectivity index (χ1n) is 6.07. The highest BCUT2D eigenvalue weighted by molar-refractivity contribution is 7.17. The van der Waals surface area contributed by atoms with Gasteiger partial charge in [0.15, 0.2) is 11.4 Å². The van der Waals surface area contributed by atoms with Gasteiger partial charge in [-0.25, -0.2) is 4.98 Å². The maximum atomic E-state index is 11.0. The molecule has 3 heterocycles. The zero-order chi connectivity index (χ0) is 12.5. The van der Waals surface area contributed by atoms with Crippen LogP contribution in [0.4, 0.5) is 5.13 Å². The highest BCUT2D eigenvalue weighted by atomic mass is 32.1. The molecular formula is C13H14N2OS2. The van der Waals surface area contributed by atoms with E-state index in [4.69, 9.17) is 0 Å². The maximum Gasteiger partial charge on any atom is 0.186 e. The smallest absolute Gasteiger partial charge is 0.186 e. The fraction of sp³-hybridized carbons (Fsp3) is 0.385. The number of hydrogen-bond acceptors (Lipinski definition) is 5. The Morgan fingerprint density at radius 2 is 2.44 bits per heavy atom. The van der Waals surface area contributed by atoms with E-state index in [0.29, 0.717) is 0 Å². The normalized spacial score (nSPS) is 14.6. The molecule has 3 nitrogen and oxygen atoms in total. The molecule has 94 valence electrons. The van der Waals surface area contributed by atoms with Gasteiger partial charge in [0.05, 0.1) is 10.6 Å². The minimum absolute atomic E-state index is 0.781. The second kappa shape index (κ2) is 4.82. The van der Waals surface area contributed by atoms with E-state index in [-0.39, 0.29) is 0 Å². The predicted octanol–water partition coefficient (Wildman–Crippen LogP) is 3.14. The van der Waals surface area contributed by atoms with Crippen molar-refractivity contribution in [2.75, 3.05) is 11.4 Å². The molecule has 0 saturated heterocycles. The number of carbonyl (C=O) groups is 1. The van der Waals surface area contributed by atoms with E-state index in [1.54, 1.807) is 0 Å². The van der Waals surface area contributed by atoms with Crippen molar-refractivity contribution in [3.05, 3.63) is 32.5 Å². The van der Waals surface area contributed by atoms with Crippen LogP contribution in [-0.4, -0.2) is 17.8 Å². The van der Waals surface area contributed by atoms with Crippen molar-refractivity contribution >= 4 is 34.1 Å². The van der Waals surface area contributed by atoms with Crippen molar-refractivity contribution < 1.29 is 4.79 Å². The molecule has 0 amide bonds. The molecule has 0 aromatic carbocycles. The molecule has 0 N–H and O–H groups in total. The van der Waals surface area contributed by atoms with Crippen LogP contribution in [0.1, 0.15) is 32.7 Å². The van der Waals surface area contributed by atoms with Crippen molar-refractivity contribution in [3.8, 4) is 0 Å². The van der Waals surface area contributed by atoms with Crippen molar-refractivity contribution in [1.82, 2.24) is 4.98 Å². The SMILES string of the molecule is CCc1nc(N2CCc3sccc3C2)sc1C=O. The van der Waals surface area contributed by atoms with Gasteiger partial charge in [-0.1, -0.05) is 18.3 Å². The summed E-state index contributed by atoms with van der Waals surface area (Å²) >= 11 is 3.36. The van der Waals surface area contributed by atoms with Crippen molar-refractivity contribution in [3.63, 3.8) is 0 Å². The molecule has 0 bridgehead atoms. The molecule has 2 aromatic heterocycles. The lowest BCUT2D eigenvalue weighted by Crippen LogP contribution is -2.29. The summed E-state index contributed by atoms with van der Waals surface area (Å²) in [6.45, 7) is 3.97. The highest BCUT2D eigenvalue weighted by Gasteiger charge is 2.21. The monoisotopic (exact) mass is 278 g/mol. The largest absolute Gasteiger partial charge is 0.343 e. The van der Waals surface area contributed by atoms with E-state index in [0.717, 1.165) is 47.9 Å². The van der Waals surface area contributed by atoms with Crippen LogP contribution in [0.5, 0.6) is 0 Å². The van der Waals surface area contributed by atoms with Crippen LogP contribution >= 0.6 is 22.7 Å². The molecule has 0 atom stereocenters. The number of carbonyl (C=O) groups excluding carboxylic acids is 1. The summed E-state index contributed by atoms with van der Waals surface area (Å²) in [6.07, 6.45) is 2.84. The van der Waals surface area contributed by atoms with E-state index in [1.165, 1.54) is 21.8 Å². The van der Waals surface area contributed by atoms with Gasteiger partial charge in [0.1, 0.15) is 0 Å². The number of hydrogen-bond donors (Lipinski definition) is 0. The van der Waals surface area contributed by atoms with Gasteiger partial charge in [0, 0.05) is 18.0 Å². The van der Waals surface area contributed by atoms with E-state index in [1.807, 2.05) is 18.3 Å². The van der Waals surface area contributed by atoms with Gasteiger partial charge in [0.2, 0.25) is 0 Å². The fourth-order valence-corrected chi connectivity index (χ4v) is 4.13. The Morgan fingerprint density at radius 1 is 1.56 bits per heavy atom. The molecule has 1 aliphatic rings. The fourth-order valence-electron chi connectivity index (χ4n) is 2.24. The molecule has 3 rings (SSSR count). The Kier molecular flexibility index (Phi) is 3.18. The summed E-state index contributed by atoms with van der Waals surface area (Å²) in [5.74, 6) is 0. The first-order valence-corrected chi connectivity index (χ1v) is 7.76. The quantitative estimate of drug-likeness (QED) is 0.809. The summed E-state index contributed by atoms with van der Waals surface area (Å²) < 4.78 is 0. The number of thiophene rings is 1. The molecular weight excluding hydrogens is 264 g/mol. The molecule has 5 heteroatoms. The Bertz CT molecular complexity index is 573. The van der Waals surface area contributed by atoms with Gasteiger partial charge in [0.25, 0.3) is 0 Å². The number of aryl methyl sites for hydroxylation is 1. The van der Waals surface area contributed by atoms with Crippen LogP contribution in [0.15, 0.2) is 11.4 Å². The molecule has 0 unspecified atom stereocenters. The Hall–Kier alpha value is -1.20. The highest BCUT2D eigenvalue weighted by Crippen LogP contribution is 2.31. The summed E-state index contributed by atoms with van der Waals surface area (Å²) in [4.78, 5) is 20.1. The summed E-state index contributed by atoms with van der Waals surface area (Å²) in [6, 6.07) is 2.20. The molecule has 0 aliphatic carbocycles. The Morgan fingerprint density at radius 3 is 3.17 bits per heavy atom. The second-order valence-electron chi connectivity index (χ2n) is 4.32. The van der Waals surface area contributed by atoms with Gasteiger partial charge in [-0.05, 0) is 29.9 Å². The number of fused-ring (bicyclic) bond motifs is 1. The summed E-state index contributed by atoms with van der Waals surface area (Å²) in [7, 11) is 0. The van der Waals surface area contributed by atoms with Crippen LogP contribution in [0.2, 0.25) is 0 Å². The summed E-state index contributed by atoms with van der Waals surface area (Å²) in [5, 5.41) is 3.15. The molecule has 1 aliphatic heterocycles. The molecule has 0 saturated carbocycles.